The molecular weight excluding hydrogens is 308 g/mol. The van der Waals surface area contributed by atoms with Crippen molar-refractivity contribution < 1.29 is 9.53 Å². The Bertz CT molecular complexity index is 598. The maximum Gasteiger partial charge on any atom is 0.233 e. The molecule has 0 saturated carbocycles. The summed E-state index contributed by atoms with van der Waals surface area (Å²) in [6, 6.07) is 14.1. The molecule has 1 amide bonds. The molecule has 0 unspecified atom stereocenters. The molecule has 0 aliphatic carbocycles. The molecular formula is C18H24N2O2S. The quantitative estimate of drug-likeness (QED) is 0.522. The summed E-state index contributed by atoms with van der Waals surface area (Å²) in [7, 11) is 3.69. The fraction of sp³-hybridized carbons (Fsp3) is 0.389. The number of carbonyl (C=O) groups is 1. The fourth-order valence-electron chi connectivity index (χ4n) is 2.30. The first-order valence-electron chi connectivity index (χ1n) is 7.75. The van der Waals surface area contributed by atoms with Crippen molar-refractivity contribution in [2.45, 2.75) is 17.9 Å². The van der Waals surface area contributed by atoms with E-state index in [1.165, 1.54) is 0 Å². The van der Waals surface area contributed by atoms with Gasteiger partial charge in [-0.1, -0.05) is 18.2 Å². The zero-order valence-corrected chi connectivity index (χ0v) is 14.6. The van der Waals surface area contributed by atoms with E-state index in [4.69, 9.17) is 4.74 Å². The standard InChI is InChI=1S/C18H24N2O2S/c1-19-11-6-8-16(19)14-20(12-7-13-22-2)18(21)15-23-17-9-4-3-5-10-17/h3-6,8-11H,7,12-15H2,1-2H3. The monoisotopic (exact) mass is 332 g/mol. The topological polar surface area (TPSA) is 34.5 Å². The molecule has 0 atom stereocenters. The number of hydrogen-bond acceptors (Lipinski definition) is 3. The summed E-state index contributed by atoms with van der Waals surface area (Å²) in [6.45, 7) is 2.03. The summed E-state index contributed by atoms with van der Waals surface area (Å²) in [6.07, 6.45) is 2.86. The SMILES string of the molecule is COCCCN(Cc1cccn1C)C(=O)CSc1ccccc1. The third-order valence-corrected chi connectivity index (χ3v) is 4.64. The average Bonchev–Trinajstić information content (AvgIpc) is 2.98. The van der Waals surface area contributed by atoms with Gasteiger partial charge in [0.25, 0.3) is 0 Å². The number of thioether (sulfide) groups is 1. The van der Waals surface area contributed by atoms with Gasteiger partial charge in [0.1, 0.15) is 0 Å². The predicted octanol–water partition coefficient (Wildman–Crippen LogP) is 3.18. The van der Waals surface area contributed by atoms with Crippen LogP contribution in [0.5, 0.6) is 0 Å². The molecule has 0 N–H and O–H groups in total. The number of amides is 1. The van der Waals surface area contributed by atoms with Gasteiger partial charge < -0.3 is 14.2 Å². The Balaban J connectivity index is 1.94. The van der Waals surface area contributed by atoms with Gasteiger partial charge in [-0.15, -0.1) is 11.8 Å². The average molecular weight is 332 g/mol. The van der Waals surface area contributed by atoms with Crippen molar-refractivity contribution in [1.82, 2.24) is 9.47 Å². The van der Waals surface area contributed by atoms with Crippen LogP contribution >= 0.6 is 11.8 Å². The summed E-state index contributed by atoms with van der Waals surface area (Å²) in [5.74, 6) is 0.623. The molecule has 0 fully saturated rings. The molecule has 1 aromatic carbocycles. The lowest BCUT2D eigenvalue weighted by Gasteiger charge is -2.23. The van der Waals surface area contributed by atoms with Crippen LogP contribution in [0.1, 0.15) is 12.1 Å². The third kappa shape index (κ3) is 5.77. The van der Waals surface area contributed by atoms with E-state index in [-0.39, 0.29) is 5.91 Å². The number of methoxy groups -OCH3 is 1. The number of aryl methyl sites for hydroxylation is 1. The predicted molar refractivity (Wildman–Crippen MR) is 94.5 cm³/mol. The lowest BCUT2D eigenvalue weighted by atomic mass is 10.3. The Morgan fingerprint density at radius 2 is 2.00 bits per heavy atom. The van der Waals surface area contributed by atoms with Crippen LogP contribution in [0.3, 0.4) is 0 Å². The van der Waals surface area contributed by atoms with Crippen molar-refractivity contribution in [2.24, 2.45) is 7.05 Å². The van der Waals surface area contributed by atoms with Crippen LogP contribution in [0.15, 0.2) is 53.6 Å². The van der Waals surface area contributed by atoms with Crippen LogP contribution < -0.4 is 0 Å². The van der Waals surface area contributed by atoms with Gasteiger partial charge in [0.15, 0.2) is 0 Å². The molecule has 4 nitrogen and oxygen atoms in total. The Hall–Kier alpha value is -1.72. The van der Waals surface area contributed by atoms with Gasteiger partial charge in [-0.2, -0.15) is 0 Å². The van der Waals surface area contributed by atoms with Gasteiger partial charge in [-0.3, -0.25) is 4.79 Å². The van der Waals surface area contributed by atoms with Crippen LogP contribution in [0, 0.1) is 0 Å². The van der Waals surface area contributed by atoms with Crippen molar-refractivity contribution in [3.05, 3.63) is 54.4 Å². The van der Waals surface area contributed by atoms with Crippen molar-refractivity contribution in [3.63, 3.8) is 0 Å². The highest BCUT2D eigenvalue weighted by atomic mass is 32.2. The second-order valence-electron chi connectivity index (χ2n) is 5.37. The largest absolute Gasteiger partial charge is 0.385 e. The maximum absolute atomic E-state index is 12.6. The molecule has 2 rings (SSSR count). The first kappa shape index (κ1) is 17.6. The summed E-state index contributed by atoms with van der Waals surface area (Å²) < 4.78 is 7.17. The van der Waals surface area contributed by atoms with Crippen molar-refractivity contribution in [3.8, 4) is 0 Å². The number of aromatic nitrogens is 1. The molecule has 0 aliphatic rings. The van der Waals surface area contributed by atoms with E-state index in [0.717, 1.165) is 17.0 Å². The molecule has 124 valence electrons. The summed E-state index contributed by atoms with van der Waals surface area (Å²) in [4.78, 5) is 15.6. The van der Waals surface area contributed by atoms with Gasteiger partial charge in [0, 0.05) is 44.1 Å². The highest BCUT2D eigenvalue weighted by molar-refractivity contribution is 8.00. The van der Waals surface area contributed by atoms with Gasteiger partial charge in [-0.25, -0.2) is 0 Å². The van der Waals surface area contributed by atoms with Crippen molar-refractivity contribution in [2.75, 3.05) is 26.0 Å². The number of hydrogen-bond donors (Lipinski definition) is 0. The van der Waals surface area contributed by atoms with E-state index in [1.54, 1.807) is 18.9 Å². The van der Waals surface area contributed by atoms with E-state index in [9.17, 15) is 4.79 Å². The fourth-order valence-corrected chi connectivity index (χ4v) is 3.12. The zero-order chi connectivity index (χ0) is 16.5. The van der Waals surface area contributed by atoms with Crippen LogP contribution in [0.25, 0.3) is 0 Å². The lowest BCUT2D eigenvalue weighted by Crippen LogP contribution is -2.34. The van der Waals surface area contributed by atoms with E-state index < -0.39 is 0 Å². The molecule has 23 heavy (non-hydrogen) atoms. The first-order valence-corrected chi connectivity index (χ1v) is 8.74. The van der Waals surface area contributed by atoms with Crippen LogP contribution in [0.2, 0.25) is 0 Å². The molecule has 0 aliphatic heterocycles. The summed E-state index contributed by atoms with van der Waals surface area (Å²) in [5.41, 5.74) is 1.14. The molecule has 0 saturated heterocycles. The molecule has 5 heteroatoms. The zero-order valence-electron chi connectivity index (χ0n) is 13.8. The Kier molecular flexibility index (Phi) is 7.23. The van der Waals surface area contributed by atoms with Gasteiger partial charge in [0.05, 0.1) is 12.3 Å². The van der Waals surface area contributed by atoms with Crippen molar-refractivity contribution in [1.29, 1.82) is 0 Å². The highest BCUT2D eigenvalue weighted by Crippen LogP contribution is 2.18. The van der Waals surface area contributed by atoms with E-state index in [1.807, 2.05) is 54.5 Å². The highest BCUT2D eigenvalue weighted by Gasteiger charge is 2.15. The van der Waals surface area contributed by atoms with Gasteiger partial charge in [-0.05, 0) is 30.7 Å². The molecule has 0 spiro atoms. The molecule has 0 radical (unpaired) electrons. The Labute approximate surface area is 142 Å². The Morgan fingerprint density at radius 3 is 2.65 bits per heavy atom. The van der Waals surface area contributed by atoms with Gasteiger partial charge >= 0.3 is 0 Å². The molecule has 0 bridgehead atoms. The number of rotatable bonds is 9. The number of benzene rings is 1. The lowest BCUT2D eigenvalue weighted by molar-refractivity contribution is -0.129. The number of nitrogens with zero attached hydrogens (tertiary/aromatic N) is 2. The van der Waals surface area contributed by atoms with Gasteiger partial charge in [0.2, 0.25) is 5.91 Å². The number of ether oxygens (including phenoxy) is 1. The van der Waals surface area contributed by atoms with Crippen LogP contribution in [-0.4, -0.2) is 41.4 Å². The second-order valence-corrected chi connectivity index (χ2v) is 6.42. The minimum absolute atomic E-state index is 0.163. The second kappa shape index (κ2) is 9.43. The number of carbonyl (C=O) groups excluding carboxylic acids is 1. The molecule has 2 aromatic rings. The van der Waals surface area contributed by atoms with E-state index >= 15 is 0 Å². The summed E-state index contributed by atoms with van der Waals surface area (Å²) in [5, 5.41) is 0. The van der Waals surface area contributed by atoms with Crippen molar-refractivity contribution >= 4 is 17.7 Å². The molecule has 1 aromatic heterocycles. The Morgan fingerprint density at radius 1 is 1.22 bits per heavy atom. The smallest absolute Gasteiger partial charge is 0.233 e. The van der Waals surface area contributed by atoms with E-state index in [2.05, 4.69) is 10.6 Å². The normalized spacial score (nSPS) is 10.7. The molecule has 1 heterocycles. The van der Waals surface area contributed by atoms with Crippen LogP contribution in [-0.2, 0) is 23.1 Å². The maximum atomic E-state index is 12.6. The minimum atomic E-state index is 0.163. The third-order valence-electron chi connectivity index (χ3n) is 3.64. The van der Waals surface area contributed by atoms with Crippen LogP contribution in [0.4, 0.5) is 0 Å². The van der Waals surface area contributed by atoms with E-state index in [0.29, 0.717) is 25.4 Å². The first-order chi connectivity index (χ1) is 11.2. The minimum Gasteiger partial charge on any atom is -0.385 e. The summed E-state index contributed by atoms with van der Waals surface area (Å²) >= 11 is 1.58.